The average molecular weight is 236 g/mol. The molecular formula is C12H16N2O3. The fraction of sp³-hybridized carbons (Fsp3) is 0.417. The molecule has 1 unspecified atom stereocenters. The van der Waals surface area contributed by atoms with Crippen molar-refractivity contribution in [3.8, 4) is 0 Å². The Morgan fingerprint density at radius 2 is 2.35 bits per heavy atom. The summed E-state index contributed by atoms with van der Waals surface area (Å²) >= 11 is 0. The van der Waals surface area contributed by atoms with E-state index in [0.717, 1.165) is 19.4 Å². The van der Waals surface area contributed by atoms with Crippen LogP contribution in [-0.2, 0) is 4.74 Å². The van der Waals surface area contributed by atoms with E-state index in [4.69, 9.17) is 15.6 Å². The van der Waals surface area contributed by atoms with E-state index in [1.54, 1.807) is 12.1 Å². The molecule has 0 aromatic heterocycles. The lowest BCUT2D eigenvalue weighted by atomic mass is 10.1. The molecule has 0 amide bonds. The topological polar surface area (TPSA) is 84.6 Å². The van der Waals surface area contributed by atoms with Crippen molar-refractivity contribution in [2.75, 3.05) is 24.3 Å². The summed E-state index contributed by atoms with van der Waals surface area (Å²) in [5.41, 5.74) is 6.90. The van der Waals surface area contributed by atoms with Crippen LogP contribution < -0.4 is 11.1 Å². The first kappa shape index (κ1) is 11.7. The minimum Gasteiger partial charge on any atom is -0.478 e. The maximum absolute atomic E-state index is 10.9. The van der Waals surface area contributed by atoms with E-state index >= 15 is 0 Å². The summed E-state index contributed by atoms with van der Waals surface area (Å²) in [5.74, 6) is -1.01. The lowest BCUT2D eigenvalue weighted by Gasteiger charge is -2.25. The van der Waals surface area contributed by atoms with E-state index in [9.17, 15) is 4.79 Å². The zero-order chi connectivity index (χ0) is 12.3. The lowest BCUT2D eigenvalue weighted by molar-refractivity contribution is 0.0698. The summed E-state index contributed by atoms with van der Waals surface area (Å²) < 4.78 is 5.35. The number of carbonyl (C=O) groups is 1. The van der Waals surface area contributed by atoms with Gasteiger partial charge in [-0.15, -0.1) is 0 Å². The number of hydrogen-bond donors (Lipinski definition) is 3. The zero-order valence-corrected chi connectivity index (χ0v) is 9.48. The summed E-state index contributed by atoms with van der Waals surface area (Å²) in [6, 6.07) is 5.18. The summed E-state index contributed by atoms with van der Waals surface area (Å²) in [5, 5.41) is 12.2. The summed E-state index contributed by atoms with van der Waals surface area (Å²) in [6.45, 7) is 1.43. The van der Waals surface area contributed by atoms with Gasteiger partial charge in [-0.2, -0.15) is 0 Å². The Kier molecular flexibility index (Phi) is 3.49. The highest BCUT2D eigenvalue weighted by Gasteiger charge is 2.16. The number of aromatic carboxylic acids is 1. The van der Waals surface area contributed by atoms with Gasteiger partial charge in [0, 0.05) is 12.6 Å². The third kappa shape index (κ3) is 2.68. The van der Waals surface area contributed by atoms with E-state index in [1.807, 2.05) is 0 Å². The third-order valence-corrected chi connectivity index (χ3v) is 2.86. The minimum atomic E-state index is -1.01. The van der Waals surface area contributed by atoms with Crippen molar-refractivity contribution in [3.05, 3.63) is 23.8 Å². The van der Waals surface area contributed by atoms with Crippen LogP contribution in [0.3, 0.4) is 0 Å². The average Bonchev–Trinajstić information content (AvgIpc) is 2.33. The van der Waals surface area contributed by atoms with E-state index in [1.165, 1.54) is 6.07 Å². The summed E-state index contributed by atoms with van der Waals surface area (Å²) in [6.07, 6.45) is 2.02. The molecule has 1 fully saturated rings. The SMILES string of the molecule is Nc1c(NC2CCCOC2)cccc1C(=O)O. The quantitative estimate of drug-likeness (QED) is 0.693. The molecule has 1 heterocycles. The predicted octanol–water partition coefficient (Wildman–Crippen LogP) is 1.56. The first-order valence-electron chi connectivity index (χ1n) is 5.64. The highest BCUT2D eigenvalue weighted by atomic mass is 16.5. The van der Waals surface area contributed by atoms with Crippen LogP contribution in [0.2, 0.25) is 0 Å². The monoisotopic (exact) mass is 236 g/mol. The fourth-order valence-corrected chi connectivity index (χ4v) is 1.95. The highest BCUT2D eigenvalue weighted by Crippen LogP contribution is 2.24. The number of anilines is 2. The molecule has 0 aliphatic carbocycles. The van der Waals surface area contributed by atoms with Crippen LogP contribution in [0.1, 0.15) is 23.2 Å². The number of nitrogen functional groups attached to an aromatic ring is 1. The van der Waals surface area contributed by atoms with Crippen molar-refractivity contribution in [3.63, 3.8) is 0 Å². The van der Waals surface area contributed by atoms with E-state index in [-0.39, 0.29) is 17.3 Å². The number of carboxylic acids is 1. The molecular weight excluding hydrogens is 220 g/mol. The van der Waals surface area contributed by atoms with Gasteiger partial charge in [-0.25, -0.2) is 4.79 Å². The Bertz CT molecular complexity index is 414. The number of para-hydroxylation sites is 1. The van der Waals surface area contributed by atoms with Gasteiger partial charge in [-0.3, -0.25) is 0 Å². The van der Waals surface area contributed by atoms with Crippen LogP contribution in [0.5, 0.6) is 0 Å². The van der Waals surface area contributed by atoms with Crippen LogP contribution in [0, 0.1) is 0 Å². The van der Waals surface area contributed by atoms with Crippen LogP contribution in [0.25, 0.3) is 0 Å². The molecule has 1 atom stereocenters. The number of hydrogen-bond acceptors (Lipinski definition) is 4. The molecule has 4 N–H and O–H groups in total. The zero-order valence-electron chi connectivity index (χ0n) is 9.48. The van der Waals surface area contributed by atoms with Crippen molar-refractivity contribution in [1.29, 1.82) is 0 Å². The molecule has 1 aliphatic heterocycles. The van der Waals surface area contributed by atoms with Crippen molar-refractivity contribution >= 4 is 17.3 Å². The molecule has 1 aliphatic rings. The molecule has 92 valence electrons. The van der Waals surface area contributed by atoms with E-state index in [0.29, 0.717) is 12.3 Å². The van der Waals surface area contributed by atoms with Crippen molar-refractivity contribution in [1.82, 2.24) is 0 Å². The molecule has 0 bridgehead atoms. The van der Waals surface area contributed by atoms with Crippen LogP contribution in [0.15, 0.2) is 18.2 Å². The van der Waals surface area contributed by atoms with Gasteiger partial charge in [0.2, 0.25) is 0 Å². The Balaban J connectivity index is 2.15. The molecule has 2 rings (SSSR count). The lowest BCUT2D eigenvalue weighted by Crippen LogP contribution is -2.30. The molecule has 5 heteroatoms. The first-order valence-corrected chi connectivity index (χ1v) is 5.64. The Morgan fingerprint density at radius 1 is 1.53 bits per heavy atom. The Hall–Kier alpha value is -1.75. The van der Waals surface area contributed by atoms with Gasteiger partial charge in [0.15, 0.2) is 0 Å². The van der Waals surface area contributed by atoms with E-state index in [2.05, 4.69) is 5.32 Å². The number of benzene rings is 1. The number of rotatable bonds is 3. The number of nitrogens with one attached hydrogen (secondary N) is 1. The van der Waals surface area contributed by atoms with Crippen molar-refractivity contribution in [2.45, 2.75) is 18.9 Å². The van der Waals surface area contributed by atoms with E-state index < -0.39 is 5.97 Å². The first-order chi connectivity index (χ1) is 8.18. The molecule has 0 spiro atoms. The third-order valence-electron chi connectivity index (χ3n) is 2.86. The largest absolute Gasteiger partial charge is 0.478 e. The van der Waals surface area contributed by atoms with Crippen LogP contribution in [-0.4, -0.2) is 30.3 Å². The van der Waals surface area contributed by atoms with Crippen LogP contribution in [0.4, 0.5) is 11.4 Å². The van der Waals surface area contributed by atoms with Crippen molar-refractivity contribution in [2.24, 2.45) is 0 Å². The van der Waals surface area contributed by atoms with Gasteiger partial charge in [0.1, 0.15) is 0 Å². The molecule has 0 radical (unpaired) electrons. The summed E-state index contributed by atoms with van der Waals surface area (Å²) in [7, 11) is 0. The smallest absolute Gasteiger partial charge is 0.337 e. The Morgan fingerprint density at radius 3 is 3.00 bits per heavy atom. The second-order valence-corrected chi connectivity index (χ2v) is 4.13. The number of ether oxygens (including phenoxy) is 1. The Labute approximate surface area is 99.6 Å². The molecule has 0 saturated carbocycles. The highest BCUT2D eigenvalue weighted by molar-refractivity contribution is 5.97. The van der Waals surface area contributed by atoms with Gasteiger partial charge in [0.25, 0.3) is 0 Å². The van der Waals surface area contributed by atoms with Gasteiger partial charge >= 0.3 is 5.97 Å². The number of carboxylic acid groups (broad SMARTS) is 1. The maximum atomic E-state index is 10.9. The maximum Gasteiger partial charge on any atom is 0.337 e. The van der Waals surface area contributed by atoms with Gasteiger partial charge in [-0.05, 0) is 25.0 Å². The normalized spacial score (nSPS) is 19.9. The van der Waals surface area contributed by atoms with Gasteiger partial charge < -0.3 is 20.9 Å². The minimum absolute atomic E-state index is 0.131. The predicted molar refractivity (Wildman–Crippen MR) is 65.3 cm³/mol. The molecule has 17 heavy (non-hydrogen) atoms. The number of nitrogens with two attached hydrogens (primary N) is 1. The summed E-state index contributed by atoms with van der Waals surface area (Å²) in [4.78, 5) is 10.9. The second-order valence-electron chi connectivity index (χ2n) is 4.13. The fourth-order valence-electron chi connectivity index (χ4n) is 1.95. The second kappa shape index (κ2) is 5.05. The molecule has 1 aromatic rings. The van der Waals surface area contributed by atoms with Gasteiger partial charge in [-0.1, -0.05) is 6.07 Å². The molecule has 1 saturated heterocycles. The standard InChI is InChI=1S/C12H16N2O3/c13-11-9(12(15)16)4-1-5-10(11)14-8-3-2-6-17-7-8/h1,4-5,8,14H,2-3,6-7,13H2,(H,15,16). The van der Waals surface area contributed by atoms with Crippen LogP contribution >= 0.6 is 0 Å². The van der Waals surface area contributed by atoms with Gasteiger partial charge in [0.05, 0.1) is 23.5 Å². The van der Waals surface area contributed by atoms with Crippen molar-refractivity contribution < 1.29 is 14.6 Å². The molecule has 1 aromatic carbocycles. The molecule has 5 nitrogen and oxygen atoms in total.